The first-order chi connectivity index (χ1) is 15.8. The van der Waals surface area contributed by atoms with Crippen LogP contribution < -0.4 is 19.5 Å². The number of amides is 1. The van der Waals surface area contributed by atoms with Gasteiger partial charge in [-0.1, -0.05) is 6.92 Å². The van der Waals surface area contributed by atoms with Crippen molar-refractivity contribution in [3.05, 3.63) is 48.2 Å². The zero-order valence-electron chi connectivity index (χ0n) is 19.2. The summed E-state index contributed by atoms with van der Waals surface area (Å²) in [5, 5.41) is 12.5. The van der Waals surface area contributed by atoms with Crippen LogP contribution in [0.2, 0.25) is 0 Å². The van der Waals surface area contributed by atoms with Crippen molar-refractivity contribution < 1.29 is 33.3 Å². The highest BCUT2D eigenvalue weighted by Gasteiger charge is 2.19. The van der Waals surface area contributed by atoms with Crippen LogP contribution in [-0.4, -0.2) is 44.4 Å². The molecule has 8 nitrogen and oxygen atoms in total. The zero-order chi connectivity index (χ0) is 24.1. The summed E-state index contributed by atoms with van der Waals surface area (Å²) in [6, 6.07) is 8.17. The van der Waals surface area contributed by atoms with Crippen molar-refractivity contribution in [2.24, 2.45) is 0 Å². The Balaban J connectivity index is 2.09. The van der Waals surface area contributed by atoms with Gasteiger partial charge in [0, 0.05) is 34.2 Å². The van der Waals surface area contributed by atoms with Gasteiger partial charge in [0.2, 0.25) is 5.91 Å². The SMILES string of the molecule is CCC(NC(=O)/C=C(\C)c1cc2c(-c3cc(OC)ccc3OC)coc2cc1OC)C(=O)O. The maximum absolute atomic E-state index is 12.4. The Morgan fingerprint density at radius 1 is 1.06 bits per heavy atom. The first-order valence-electron chi connectivity index (χ1n) is 10.4. The normalized spacial score (nSPS) is 12.3. The highest BCUT2D eigenvalue weighted by Crippen LogP contribution is 2.41. The molecule has 0 aliphatic rings. The van der Waals surface area contributed by atoms with Gasteiger partial charge in [-0.05, 0) is 43.2 Å². The van der Waals surface area contributed by atoms with Gasteiger partial charge in [0.15, 0.2) is 0 Å². The van der Waals surface area contributed by atoms with Gasteiger partial charge < -0.3 is 29.1 Å². The van der Waals surface area contributed by atoms with Gasteiger partial charge in [-0.25, -0.2) is 4.79 Å². The number of methoxy groups -OCH3 is 3. The molecule has 2 N–H and O–H groups in total. The fraction of sp³-hybridized carbons (Fsp3) is 0.280. The smallest absolute Gasteiger partial charge is 0.326 e. The summed E-state index contributed by atoms with van der Waals surface area (Å²) < 4.78 is 22.2. The van der Waals surface area contributed by atoms with E-state index in [1.807, 2.05) is 24.3 Å². The lowest BCUT2D eigenvalue weighted by atomic mass is 9.98. The minimum Gasteiger partial charge on any atom is -0.497 e. The van der Waals surface area contributed by atoms with Crippen LogP contribution in [0.15, 0.2) is 47.1 Å². The number of fused-ring (bicyclic) bond motifs is 1. The van der Waals surface area contributed by atoms with Crippen molar-refractivity contribution in [2.75, 3.05) is 21.3 Å². The van der Waals surface area contributed by atoms with Crippen LogP contribution >= 0.6 is 0 Å². The summed E-state index contributed by atoms with van der Waals surface area (Å²) in [7, 11) is 4.72. The molecule has 1 aromatic heterocycles. The first kappa shape index (κ1) is 23.7. The maximum Gasteiger partial charge on any atom is 0.326 e. The summed E-state index contributed by atoms with van der Waals surface area (Å²) >= 11 is 0. The van der Waals surface area contributed by atoms with E-state index >= 15 is 0 Å². The molecule has 0 bridgehead atoms. The fourth-order valence-corrected chi connectivity index (χ4v) is 3.59. The Bertz CT molecular complexity index is 1210. The van der Waals surface area contributed by atoms with E-state index in [0.717, 1.165) is 16.5 Å². The summed E-state index contributed by atoms with van der Waals surface area (Å²) in [6.45, 7) is 3.46. The van der Waals surface area contributed by atoms with E-state index < -0.39 is 17.9 Å². The lowest BCUT2D eigenvalue weighted by molar-refractivity contribution is -0.141. The molecule has 0 fully saturated rings. The summed E-state index contributed by atoms with van der Waals surface area (Å²) in [5.41, 5.74) is 3.46. The number of nitrogens with one attached hydrogen (secondary N) is 1. The molecule has 0 saturated heterocycles. The minimum atomic E-state index is -1.08. The Kier molecular flexibility index (Phi) is 7.27. The molecular weight excluding hydrogens is 426 g/mol. The first-order valence-corrected chi connectivity index (χ1v) is 10.4. The molecule has 0 saturated carbocycles. The Morgan fingerprint density at radius 3 is 2.39 bits per heavy atom. The molecular formula is C25H27NO7. The third-order valence-corrected chi connectivity index (χ3v) is 5.39. The number of ether oxygens (including phenoxy) is 3. The van der Waals surface area contributed by atoms with Crippen molar-refractivity contribution in [3.8, 4) is 28.4 Å². The number of carbonyl (C=O) groups excluding carboxylic acids is 1. The maximum atomic E-state index is 12.4. The lowest BCUT2D eigenvalue weighted by Crippen LogP contribution is -2.39. The largest absolute Gasteiger partial charge is 0.497 e. The van der Waals surface area contributed by atoms with Gasteiger partial charge >= 0.3 is 5.97 Å². The van der Waals surface area contributed by atoms with Crippen LogP contribution in [0.25, 0.3) is 27.7 Å². The lowest BCUT2D eigenvalue weighted by Gasteiger charge is -2.13. The molecule has 3 rings (SSSR count). The quantitative estimate of drug-likeness (QED) is 0.459. The number of carbonyl (C=O) groups is 2. The molecule has 174 valence electrons. The number of hydrogen-bond donors (Lipinski definition) is 2. The third kappa shape index (κ3) is 4.95. The Morgan fingerprint density at radius 2 is 1.79 bits per heavy atom. The molecule has 0 radical (unpaired) electrons. The predicted octanol–water partition coefficient (Wildman–Crippen LogP) is 4.51. The topological polar surface area (TPSA) is 107 Å². The monoisotopic (exact) mass is 453 g/mol. The van der Waals surface area contributed by atoms with Crippen LogP contribution in [0.5, 0.6) is 17.2 Å². The molecule has 1 amide bonds. The zero-order valence-corrected chi connectivity index (χ0v) is 19.2. The van der Waals surface area contributed by atoms with Crippen LogP contribution in [-0.2, 0) is 9.59 Å². The van der Waals surface area contributed by atoms with E-state index in [4.69, 9.17) is 18.6 Å². The van der Waals surface area contributed by atoms with E-state index in [9.17, 15) is 14.7 Å². The van der Waals surface area contributed by atoms with Crippen LogP contribution in [0.4, 0.5) is 0 Å². The molecule has 1 heterocycles. The standard InChI is InChI=1S/C25H27NO7/c1-6-20(25(28)29)26-24(27)9-14(2)16-11-18-19(13-33-23(18)12-22(16)32-5)17-10-15(30-3)7-8-21(17)31-4/h7-13,20H,6H2,1-5H3,(H,26,27)(H,28,29)/b14-9+. The number of allylic oxidation sites excluding steroid dienone is 1. The van der Waals surface area contributed by atoms with Gasteiger partial charge in [-0.2, -0.15) is 0 Å². The number of aliphatic carboxylic acids is 1. The third-order valence-electron chi connectivity index (χ3n) is 5.39. The van der Waals surface area contributed by atoms with E-state index in [1.54, 1.807) is 40.4 Å². The van der Waals surface area contributed by atoms with E-state index in [0.29, 0.717) is 34.0 Å². The molecule has 2 aromatic carbocycles. The highest BCUT2D eigenvalue weighted by atomic mass is 16.5. The van der Waals surface area contributed by atoms with Gasteiger partial charge in [-0.3, -0.25) is 4.79 Å². The van der Waals surface area contributed by atoms with Crippen LogP contribution in [0.1, 0.15) is 25.8 Å². The summed E-state index contributed by atoms with van der Waals surface area (Å²) in [4.78, 5) is 23.6. The molecule has 3 aromatic rings. The highest BCUT2D eigenvalue weighted by molar-refractivity contribution is 6.01. The Hall–Kier alpha value is -3.94. The number of benzene rings is 2. The predicted molar refractivity (Wildman–Crippen MR) is 125 cm³/mol. The van der Waals surface area contributed by atoms with Gasteiger partial charge in [0.05, 0.1) is 27.6 Å². The minimum absolute atomic E-state index is 0.282. The average molecular weight is 453 g/mol. The van der Waals surface area contributed by atoms with Crippen molar-refractivity contribution in [1.82, 2.24) is 5.32 Å². The van der Waals surface area contributed by atoms with Crippen molar-refractivity contribution in [3.63, 3.8) is 0 Å². The molecule has 33 heavy (non-hydrogen) atoms. The van der Waals surface area contributed by atoms with Crippen LogP contribution in [0.3, 0.4) is 0 Å². The van der Waals surface area contributed by atoms with Gasteiger partial charge in [0.1, 0.15) is 28.9 Å². The second-order valence-electron chi connectivity index (χ2n) is 7.40. The second-order valence-corrected chi connectivity index (χ2v) is 7.40. The second kappa shape index (κ2) is 10.1. The van der Waals surface area contributed by atoms with Gasteiger partial charge in [0.25, 0.3) is 0 Å². The van der Waals surface area contributed by atoms with E-state index in [1.165, 1.54) is 13.2 Å². The molecule has 0 spiro atoms. The fourth-order valence-electron chi connectivity index (χ4n) is 3.59. The summed E-state index contributed by atoms with van der Waals surface area (Å²) in [5.74, 6) is 0.275. The van der Waals surface area contributed by atoms with Gasteiger partial charge in [-0.15, -0.1) is 0 Å². The molecule has 8 heteroatoms. The van der Waals surface area contributed by atoms with Crippen molar-refractivity contribution in [1.29, 1.82) is 0 Å². The number of rotatable bonds is 9. The van der Waals surface area contributed by atoms with E-state index in [2.05, 4.69) is 5.32 Å². The molecule has 0 aliphatic carbocycles. The average Bonchev–Trinajstić information content (AvgIpc) is 3.23. The molecule has 0 aliphatic heterocycles. The number of hydrogen-bond acceptors (Lipinski definition) is 6. The molecule has 1 unspecified atom stereocenters. The Labute approximate surface area is 191 Å². The molecule has 1 atom stereocenters. The van der Waals surface area contributed by atoms with E-state index in [-0.39, 0.29) is 6.42 Å². The van der Waals surface area contributed by atoms with Crippen molar-refractivity contribution >= 4 is 28.4 Å². The number of carboxylic acid groups (broad SMARTS) is 1. The van der Waals surface area contributed by atoms with Crippen molar-refractivity contribution in [2.45, 2.75) is 26.3 Å². The summed E-state index contributed by atoms with van der Waals surface area (Å²) in [6.07, 6.45) is 3.28. The number of furan rings is 1. The van der Waals surface area contributed by atoms with Crippen LogP contribution in [0, 0.1) is 0 Å². The number of carboxylic acids is 1.